The van der Waals surface area contributed by atoms with Crippen molar-refractivity contribution in [1.29, 1.82) is 0 Å². The van der Waals surface area contributed by atoms with Crippen molar-refractivity contribution in [2.24, 2.45) is 5.10 Å². The minimum atomic E-state index is -0.351. The van der Waals surface area contributed by atoms with Gasteiger partial charge in [-0.3, -0.25) is 9.59 Å². The summed E-state index contributed by atoms with van der Waals surface area (Å²) in [4.78, 5) is 24.0. The number of methoxy groups -OCH3 is 1. The summed E-state index contributed by atoms with van der Waals surface area (Å²) in [5.74, 6) is 0.441. The third-order valence-corrected chi connectivity index (χ3v) is 5.09. The highest BCUT2D eigenvalue weighted by Gasteiger charge is 2.11. The van der Waals surface area contributed by atoms with Gasteiger partial charge >= 0.3 is 0 Å². The molecule has 0 spiro atoms. The highest BCUT2D eigenvalue weighted by atomic mass is 79.9. The minimum Gasteiger partial charge on any atom is -0.493 e. The van der Waals surface area contributed by atoms with Crippen molar-refractivity contribution in [2.45, 2.75) is 13.3 Å². The molecule has 0 atom stereocenters. The van der Waals surface area contributed by atoms with E-state index in [-0.39, 0.29) is 29.8 Å². The maximum atomic E-state index is 12.1. The second-order valence-corrected chi connectivity index (χ2v) is 7.56. The number of hydrogen-bond acceptors (Lipinski definition) is 5. The number of hydrazone groups is 1. The molecule has 0 saturated carbocycles. The summed E-state index contributed by atoms with van der Waals surface area (Å²) >= 11 is 15.1. The first-order chi connectivity index (χ1) is 14.3. The lowest BCUT2D eigenvalue weighted by Crippen LogP contribution is -2.29. The average Bonchev–Trinajstić information content (AvgIpc) is 2.71. The number of amides is 2. The summed E-state index contributed by atoms with van der Waals surface area (Å²) < 4.78 is 11.6. The predicted octanol–water partition coefficient (Wildman–Crippen LogP) is 4.43. The van der Waals surface area contributed by atoms with E-state index in [0.717, 1.165) is 0 Å². The quantitative estimate of drug-likeness (QED) is 0.381. The molecule has 2 amide bonds. The summed E-state index contributed by atoms with van der Waals surface area (Å²) in [7, 11) is 1.54. The Morgan fingerprint density at radius 3 is 2.63 bits per heavy atom. The van der Waals surface area contributed by atoms with Crippen LogP contribution in [0.5, 0.6) is 11.5 Å². The van der Waals surface area contributed by atoms with Crippen molar-refractivity contribution >= 4 is 57.2 Å². The number of rotatable bonds is 9. The normalized spacial score (nSPS) is 10.7. The van der Waals surface area contributed by atoms with Crippen molar-refractivity contribution in [3.8, 4) is 11.5 Å². The van der Waals surface area contributed by atoms with Crippen LogP contribution in [-0.4, -0.2) is 38.3 Å². The number of benzene rings is 2. The van der Waals surface area contributed by atoms with E-state index in [0.29, 0.717) is 38.7 Å². The van der Waals surface area contributed by atoms with Crippen LogP contribution in [0.4, 0.5) is 0 Å². The van der Waals surface area contributed by atoms with Crippen LogP contribution in [0.3, 0.4) is 0 Å². The van der Waals surface area contributed by atoms with Crippen LogP contribution >= 0.6 is 39.1 Å². The molecule has 0 aliphatic rings. The van der Waals surface area contributed by atoms with Crippen LogP contribution in [0, 0.1) is 0 Å². The Bertz CT molecular complexity index is 954. The van der Waals surface area contributed by atoms with Gasteiger partial charge in [0, 0.05) is 18.5 Å². The van der Waals surface area contributed by atoms with Crippen molar-refractivity contribution in [3.05, 3.63) is 56.0 Å². The largest absolute Gasteiger partial charge is 0.493 e. The number of hydrogen-bond donors (Lipinski definition) is 2. The van der Waals surface area contributed by atoms with Gasteiger partial charge in [0.2, 0.25) is 5.91 Å². The van der Waals surface area contributed by atoms with Crippen LogP contribution < -0.4 is 20.2 Å². The van der Waals surface area contributed by atoms with Crippen LogP contribution in [0.25, 0.3) is 0 Å². The number of carbonyl (C=O) groups is 2. The van der Waals surface area contributed by atoms with E-state index in [9.17, 15) is 9.59 Å². The zero-order valence-electron chi connectivity index (χ0n) is 16.3. The molecule has 0 aromatic heterocycles. The Kier molecular flexibility index (Phi) is 9.42. The van der Waals surface area contributed by atoms with E-state index >= 15 is 0 Å². The Morgan fingerprint density at radius 2 is 1.97 bits per heavy atom. The molecule has 0 aliphatic carbocycles. The maximum Gasteiger partial charge on any atom is 0.251 e. The van der Waals surface area contributed by atoms with E-state index in [2.05, 4.69) is 31.8 Å². The van der Waals surface area contributed by atoms with E-state index in [1.165, 1.54) is 18.3 Å². The fraction of sp³-hybridized carbons (Fsp3) is 0.250. The third-order valence-electron chi connectivity index (χ3n) is 3.76. The second-order valence-electron chi connectivity index (χ2n) is 5.90. The fourth-order valence-electron chi connectivity index (χ4n) is 2.36. The molecule has 0 radical (unpaired) electrons. The van der Waals surface area contributed by atoms with E-state index in [4.69, 9.17) is 32.7 Å². The molecule has 0 aliphatic heterocycles. The van der Waals surface area contributed by atoms with Gasteiger partial charge < -0.3 is 14.8 Å². The molecular formula is C20H20BrCl2N3O4. The molecule has 2 N–H and O–H groups in total. The first-order valence-electron chi connectivity index (χ1n) is 8.91. The SMILES string of the molecule is CCOc1c(Br)cc(C=NNC(=O)CCNC(=O)c2ccc(Cl)c(Cl)c2)cc1OC. The lowest BCUT2D eigenvalue weighted by molar-refractivity contribution is -0.120. The summed E-state index contributed by atoms with van der Waals surface area (Å²) in [6.07, 6.45) is 1.54. The maximum absolute atomic E-state index is 12.1. The predicted molar refractivity (Wildman–Crippen MR) is 121 cm³/mol. The van der Waals surface area contributed by atoms with Crippen molar-refractivity contribution in [3.63, 3.8) is 0 Å². The molecule has 0 fully saturated rings. The highest BCUT2D eigenvalue weighted by molar-refractivity contribution is 9.10. The topological polar surface area (TPSA) is 89.0 Å². The van der Waals surface area contributed by atoms with Gasteiger partial charge in [-0.1, -0.05) is 23.2 Å². The molecule has 10 heteroatoms. The molecule has 0 saturated heterocycles. The minimum absolute atomic E-state index is 0.0562. The highest BCUT2D eigenvalue weighted by Crippen LogP contribution is 2.36. The number of halogens is 3. The molecule has 0 heterocycles. The number of carbonyl (C=O) groups excluding carboxylic acids is 2. The van der Waals surface area contributed by atoms with Crippen LogP contribution in [0.2, 0.25) is 10.0 Å². The Labute approximate surface area is 192 Å². The summed E-state index contributed by atoms with van der Waals surface area (Å²) in [5.41, 5.74) is 3.47. The fourth-order valence-corrected chi connectivity index (χ4v) is 3.23. The Hall–Kier alpha value is -2.29. The number of ether oxygens (including phenoxy) is 2. The molecule has 7 nitrogen and oxygen atoms in total. The lowest BCUT2D eigenvalue weighted by atomic mass is 10.2. The summed E-state index contributed by atoms with van der Waals surface area (Å²) in [6, 6.07) is 8.09. The Morgan fingerprint density at radius 1 is 1.20 bits per heavy atom. The van der Waals surface area contributed by atoms with Gasteiger partial charge in [0.25, 0.3) is 5.91 Å². The van der Waals surface area contributed by atoms with Gasteiger partial charge in [0.05, 0.1) is 34.4 Å². The van der Waals surface area contributed by atoms with E-state index in [1.54, 1.807) is 25.3 Å². The molecule has 2 aromatic carbocycles. The number of nitrogens with one attached hydrogen (secondary N) is 2. The molecule has 30 heavy (non-hydrogen) atoms. The van der Waals surface area contributed by atoms with Crippen LogP contribution in [-0.2, 0) is 4.79 Å². The van der Waals surface area contributed by atoms with Gasteiger partial charge in [-0.2, -0.15) is 5.10 Å². The molecular weight excluding hydrogens is 497 g/mol. The van der Waals surface area contributed by atoms with Crippen molar-refractivity contribution in [1.82, 2.24) is 10.7 Å². The lowest BCUT2D eigenvalue weighted by Gasteiger charge is -2.11. The monoisotopic (exact) mass is 515 g/mol. The van der Waals surface area contributed by atoms with Crippen LogP contribution in [0.15, 0.2) is 39.9 Å². The summed E-state index contributed by atoms with van der Waals surface area (Å²) in [5, 5.41) is 7.21. The van der Waals surface area contributed by atoms with Crippen LogP contribution in [0.1, 0.15) is 29.3 Å². The van der Waals surface area contributed by atoms with Crippen molar-refractivity contribution in [2.75, 3.05) is 20.3 Å². The van der Waals surface area contributed by atoms with Crippen molar-refractivity contribution < 1.29 is 19.1 Å². The standard InChI is InChI=1S/C20H20BrCl2N3O4/c1-3-30-19-14(21)8-12(9-17(19)29-2)11-25-26-18(27)6-7-24-20(28)13-4-5-15(22)16(23)10-13/h4-5,8-11H,3,6-7H2,1-2H3,(H,24,28)(H,26,27). The second kappa shape index (κ2) is 11.8. The molecule has 160 valence electrons. The first kappa shape index (κ1) is 24.0. The smallest absolute Gasteiger partial charge is 0.251 e. The van der Waals surface area contributed by atoms with Gasteiger partial charge in [-0.25, -0.2) is 5.43 Å². The van der Waals surface area contributed by atoms with Gasteiger partial charge in [-0.15, -0.1) is 0 Å². The molecule has 0 unspecified atom stereocenters. The zero-order chi connectivity index (χ0) is 22.1. The third kappa shape index (κ3) is 6.90. The number of nitrogens with zero attached hydrogens (tertiary/aromatic N) is 1. The molecule has 0 bridgehead atoms. The van der Waals surface area contributed by atoms with Gasteiger partial charge in [0.1, 0.15) is 0 Å². The first-order valence-corrected chi connectivity index (χ1v) is 10.5. The van der Waals surface area contributed by atoms with E-state index in [1.807, 2.05) is 6.92 Å². The van der Waals surface area contributed by atoms with E-state index < -0.39 is 0 Å². The average molecular weight is 517 g/mol. The zero-order valence-corrected chi connectivity index (χ0v) is 19.4. The Balaban J connectivity index is 1.84. The molecule has 2 rings (SSSR count). The van der Waals surface area contributed by atoms with Gasteiger partial charge in [0.15, 0.2) is 11.5 Å². The summed E-state index contributed by atoms with van der Waals surface area (Å²) in [6.45, 7) is 2.52. The van der Waals surface area contributed by atoms with Gasteiger partial charge in [-0.05, 0) is 58.7 Å². The molecule has 2 aromatic rings.